The molecule has 0 aromatic heterocycles. The third kappa shape index (κ3) is 3.81. The normalized spacial score (nSPS) is 11.3. The Balaban J connectivity index is 3.19. The number of nitro benzene ring substituents is 1. The first-order chi connectivity index (χ1) is 9.92. The molecule has 1 atom stereocenters. The van der Waals surface area contributed by atoms with E-state index in [1.165, 1.54) is 18.2 Å². The summed E-state index contributed by atoms with van der Waals surface area (Å²) in [5, 5.41) is 13.8. The summed E-state index contributed by atoms with van der Waals surface area (Å²) in [4.78, 5) is 44.1. The van der Waals surface area contributed by atoms with Gasteiger partial charge in [0.05, 0.1) is 17.3 Å². The summed E-state index contributed by atoms with van der Waals surface area (Å²) in [7, 11) is 1.08. The van der Waals surface area contributed by atoms with Gasteiger partial charge in [-0.25, -0.2) is 4.79 Å². The van der Waals surface area contributed by atoms with Crippen molar-refractivity contribution >= 4 is 17.6 Å². The molecule has 21 heavy (non-hydrogen) atoms. The van der Waals surface area contributed by atoms with Crippen LogP contribution in [-0.4, -0.2) is 35.0 Å². The number of nitro groups is 1. The number of carbonyl (C=O) groups is 2. The maximum Gasteiger partial charge on any atom is 0.331 e. The highest BCUT2D eigenvalue weighted by molar-refractivity contribution is 5.83. The minimum atomic E-state index is -1.36. The first-order valence-electron chi connectivity index (χ1n) is 5.85. The molecule has 0 aliphatic rings. The molecule has 0 unspecified atom stereocenters. The highest BCUT2D eigenvalue weighted by Crippen LogP contribution is 2.21. The van der Waals surface area contributed by atoms with Crippen LogP contribution in [0.1, 0.15) is 12.5 Å². The number of esters is 1. The molecular formula is C12H13N3O6. The molecule has 9 nitrogen and oxygen atoms in total. The molecule has 0 aliphatic heterocycles. The van der Waals surface area contributed by atoms with E-state index in [-0.39, 0.29) is 17.7 Å². The second-order valence-electron chi connectivity index (χ2n) is 4.07. The molecule has 0 spiro atoms. The van der Waals surface area contributed by atoms with Gasteiger partial charge in [0.25, 0.3) is 5.69 Å². The Morgan fingerprint density at radius 1 is 1.43 bits per heavy atom. The molecule has 1 aromatic rings. The average Bonchev–Trinajstić information content (AvgIpc) is 2.46. The predicted octanol–water partition coefficient (Wildman–Crippen LogP) is 1.21. The van der Waals surface area contributed by atoms with Crippen LogP contribution >= 0.6 is 0 Å². The van der Waals surface area contributed by atoms with E-state index in [1.54, 1.807) is 6.07 Å². The fraction of sp³-hybridized carbons (Fsp3) is 0.333. The van der Waals surface area contributed by atoms with E-state index < -0.39 is 22.8 Å². The van der Waals surface area contributed by atoms with E-state index in [9.17, 15) is 24.6 Å². The Morgan fingerprint density at radius 3 is 2.52 bits per heavy atom. The van der Waals surface area contributed by atoms with Crippen LogP contribution in [0.4, 0.5) is 5.69 Å². The van der Waals surface area contributed by atoms with Crippen LogP contribution in [0.5, 0.6) is 0 Å². The van der Waals surface area contributed by atoms with E-state index in [1.807, 2.05) is 0 Å². The third-order valence-corrected chi connectivity index (χ3v) is 2.78. The van der Waals surface area contributed by atoms with Crippen LogP contribution in [0, 0.1) is 15.0 Å². The monoisotopic (exact) mass is 295 g/mol. The van der Waals surface area contributed by atoms with Gasteiger partial charge in [-0.3, -0.25) is 14.9 Å². The first-order valence-corrected chi connectivity index (χ1v) is 5.85. The summed E-state index contributed by atoms with van der Waals surface area (Å²) < 4.78 is 4.52. The number of ether oxygens (including phenoxy) is 1. The number of nitrogens with zero attached hydrogens (tertiary/aromatic N) is 3. The van der Waals surface area contributed by atoms with Gasteiger partial charge in [0.1, 0.15) is 0 Å². The van der Waals surface area contributed by atoms with Crippen molar-refractivity contribution in [2.24, 2.45) is 5.29 Å². The Labute approximate surface area is 119 Å². The van der Waals surface area contributed by atoms with Gasteiger partial charge < -0.3 is 4.74 Å². The second kappa shape index (κ2) is 7.08. The molecule has 0 aliphatic carbocycles. The van der Waals surface area contributed by atoms with Gasteiger partial charge in [-0.15, -0.1) is 4.91 Å². The first kappa shape index (κ1) is 16.2. The zero-order chi connectivity index (χ0) is 16.0. The zero-order valence-electron chi connectivity index (χ0n) is 11.4. The van der Waals surface area contributed by atoms with Crippen molar-refractivity contribution in [3.8, 4) is 0 Å². The summed E-state index contributed by atoms with van der Waals surface area (Å²) in [6.45, 7) is 1.05. The summed E-state index contributed by atoms with van der Waals surface area (Å²) >= 11 is 0. The van der Waals surface area contributed by atoms with Gasteiger partial charge in [0, 0.05) is 25.0 Å². The summed E-state index contributed by atoms with van der Waals surface area (Å²) in [6.07, 6.45) is -0.255. The number of carbonyl (C=O) groups excluding carboxylic acids is 2. The molecule has 0 N–H and O–H groups in total. The van der Waals surface area contributed by atoms with Gasteiger partial charge in [0.15, 0.2) is 6.04 Å². The number of hydrogen-bond donors (Lipinski definition) is 0. The standard InChI is InChI=1S/C12H13N3O6/c1-8(16)14(13-18)11(12(17)21-2)7-9-5-3-4-6-10(9)15(19)20/h3-6,11H,7H2,1-2H3/t11-/m0/s1. The number of benzene rings is 1. The van der Waals surface area contributed by atoms with Gasteiger partial charge >= 0.3 is 5.97 Å². The average molecular weight is 295 g/mol. The Hall–Kier alpha value is -2.84. The molecule has 0 bridgehead atoms. The Bertz CT molecular complexity index is 574. The Morgan fingerprint density at radius 2 is 2.05 bits per heavy atom. The van der Waals surface area contributed by atoms with Crippen molar-refractivity contribution in [1.29, 1.82) is 0 Å². The van der Waals surface area contributed by atoms with E-state index in [4.69, 9.17) is 0 Å². The SMILES string of the molecule is COC(=O)[C@H](Cc1ccccc1[N+](=O)[O-])N(N=O)C(C)=O. The molecule has 112 valence electrons. The van der Waals surface area contributed by atoms with Gasteiger partial charge in [-0.05, 0) is 0 Å². The number of hydrogen-bond acceptors (Lipinski definition) is 7. The lowest BCUT2D eigenvalue weighted by Gasteiger charge is -2.21. The minimum absolute atomic E-state index is 0.188. The largest absolute Gasteiger partial charge is 0.467 e. The van der Waals surface area contributed by atoms with E-state index in [0.29, 0.717) is 5.01 Å². The number of nitroso groups, excluding NO2 is 1. The quantitative estimate of drug-likeness (QED) is 0.337. The molecule has 1 amide bonds. The highest BCUT2D eigenvalue weighted by atomic mass is 16.6. The maximum atomic E-state index is 11.7. The van der Waals surface area contributed by atoms with Crippen molar-refractivity contribution < 1.29 is 19.2 Å². The molecular weight excluding hydrogens is 282 g/mol. The van der Waals surface area contributed by atoms with Crippen LogP contribution < -0.4 is 0 Å². The zero-order valence-corrected chi connectivity index (χ0v) is 11.4. The van der Waals surface area contributed by atoms with Crippen molar-refractivity contribution in [3.63, 3.8) is 0 Å². The predicted molar refractivity (Wildman–Crippen MR) is 70.9 cm³/mol. The van der Waals surface area contributed by atoms with Gasteiger partial charge in [0.2, 0.25) is 5.91 Å². The Kier molecular flexibility index (Phi) is 5.47. The van der Waals surface area contributed by atoms with Crippen LogP contribution in [0.3, 0.4) is 0 Å². The van der Waals surface area contributed by atoms with Crippen molar-refractivity contribution in [2.75, 3.05) is 7.11 Å². The van der Waals surface area contributed by atoms with Crippen LogP contribution in [-0.2, 0) is 20.7 Å². The molecule has 1 aromatic carbocycles. The minimum Gasteiger partial charge on any atom is -0.467 e. The molecule has 0 saturated heterocycles. The topological polar surface area (TPSA) is 119 Å². The number of rotatable bonds is 6. The number of methoxy groups -OCH3 is 1. The third-order valence-electron chi connectivity index (χ3n) is 2.78. The molecule has 1 rings (SSSR count). The number of para-hydroxylation sites is 1. The number of amides is 1. The molecule has 9 heteroatoms. The van der Waals surface area contributed by atoms with Gasteiger partial charge in [-0.1, -0.05) is 18.2 Å². The summed E-state index contributed by atoms with van der Waals surface area (Å²) in [5.41, 5.74) is -0.0337. The second-order valence-corrected chi connectivity index (χ2v) is 4.07. The van der Waals surface area contributed by atoms with Crippen molar-refractivity contribution in [2.45, 2.75) is 19.4 Å². The van der Waals surface area contributed by atoms with Crippen LogP contribution in [0.15, 0.2) is 29.6 Å². The molecule has 0 heterocycles. The lowest BCUT2D eigenvalue weighted by atomic mass is 10.0. The summed E-state index contributed by atoms with van der Waals surface area (Å²) in [5.74, 6) is -1.65. The smallest absolute Gasteiger partial charge is 0.331 e. The van der Waals surface area contributed by atoms with Crippen LogP contribution in [0.2, 0.25) is 0 Å². The molecule has 0 radical (unpaired) electrons. The highest BCUT2D eigenvalue weighted by Gasteiger charge is 2.32. The van der Waals surface area contributed by atoms with Crippen LogP contribution in [0.25, 0.3) is 0 Å². The van der Waals surface area contributed by atoms with E-state index in [2.05, 4.69) is 10.0 Å². The van der Waals surface area contributed by atoms with Crippen molar-refractivity contribution in [1.82, 2.24) is 5.01 Å². The summed E-state index contributed by atoms with van der Waals surface area (Å²) in [6, 6.07) is 4.34. The fourth-order valence-electron chi connectivity index (χ4n) is 1.81. The maximum absolute atomic E-state index is 11.7. The van der Waals surface area contributed by atoms with E-state index >= 15 is 0 Å². The van der Waals surface area contributed by atoms with Crippen molar-refractivity contribution in [3.05, 3.63) is 44.9 Å². The van der Waals surface area contributed by atoms with E-state index in [0.717, 1.165) is 14.0 Å². The molecule has 0 fully saturated rings. The molecule has 0 saturated carbocycles. The lowest BCUT2D eigenvalue weighted by Crippen LogP contribution is -2.42. The lowest BCUT2D eigenvalue weighted by molar-refractivity contribution is -0.385. The van der Waals surface area contributed by atoms with Gasteiger partial charge in [-0.2, -0.15) is 5.01 Å². The fourth-order valence-corrected chi connectivity index (χ4v) is 1.81.